The number of halogens is 1. The lowest BCUT2D eigenvalue weighted by Crippen LogP contribution is -2.12. The zero-order valence-corrected chi connectivity index (χ0v) is 10.1. The molecule has 0 aliphatic heterocycles. The number of carbonyl (C=O) groups excluding carboxylic acids is 1. The number of benzene rings is 2. The van der Waals surface area contributed by atoms with Gasteiger partial charge in [0.2, 0.25) is 0 Å². The molecule has 0 aromatic heterocycles. The summed E-state index contributed by atoms with van der Waals surface area (Å²) in [5.74, 6) is -0.715. The Morgan fingerprint density at radius 2 is 1.94 bits per heavy atom. The van der Waals surface area contributed by atoms with Crippen LogP contribution < -0.4 is 5.32 Å². The van der Waals surface area contributed by atoms with Gasteiger partial charge in [0.1, 0.15) is 5.82 Å². The lowest BCUT2D eigenvalue weighted by Gasteiger charge is -2.06. The highest BCUT2D eigenvalue weighted by molar-refractivity contribution is 6.04. The summed E-state index contributed by atoms with van der Waals surface area (Å²) in [6.45, 7) is 2.05. The molecular weight excluding hydrogens is 229 g/mol. The quantitative estimate of drug-likeness (QED) is 0.876. The maximum Gasteiger partial charge on any atom is 0.255 e. The zero-order valence-electron chi connectivity index (χ0n) is 10.1. The van der Waals surface area contributed by atoms with Gasteiger partial charge in [0.25, 0.3) is 5.91 Å². The molecule has 2 nitrogen and oxygen atoms in total. The molecule has 0 aliphatic rings. The van der Waals surface area contributed by atoms with Crippen molar-refractivity contribution < 1.29 is 9.18 Å². The molecule has 0 atom stereocenters. The maximum atomic E-state index is 13.0. The van der Waals surface area contributed by atoms with Crippen LogP contribution in [0.2, 0.25) is 0 Å². The molecule has 0 bridgehead atoms. The fourth-order valence-corrected chi connectivity index (χ4v) is 1.70. The van der Waals surface area contributed by atoms with Crippen LogP contribution in [0.4, 0.5) is 10.1 Å². The van der Waals surface area contributed by atoms with Gasteiger partial charge in [0, 0.05) is 11.3 Å². The van der Waals surface area contributed by atoms with E-state index in [0.717, 1.165) is 17.7 Å². The van der Waals surface area contributed by atoms with E-state index in [-0.39, 0.29) is 5.91 Å². The number of carbonyl (C=O) groups is 1. The third kappa shape index (κ3) is 2.94. The molecule has 1 N–H and O–H groups in total. The highest BCUT2D eigenvalue weighted by Gasteiger charge is 2.06. The van der Waals surface area contributed by atoms with Crippen molar-refractivity contribution in [3.8, 4) is 0 Å². The average Bonchev–Trinajstić information content (AvgIpc) is 2.39. The summed E-state index contributed by atoms with van der Waals surface area (Å²) in [5, 5.41) is 2.75. The molecule has 2 aromatic rings. The normalized spacial score (nSPS) is 10.1. The molecule has 18 heavy (non-hydrogen) atoms. The van der Waals surface area contributed by atoms with Gasteiger partial charge in [0.05, 0.1) is 0 Å². The topological polar surface area (TPSA) is 29.1 Å². The second kappa shape index (κ2) is 5.45. The third-order valence-corrected chi connectivity index (χ3v) is 2.68. The van der Waals surface area contributed by atoms with Crippen LogP contribution in [0.15, 0.2) is 48.5 Å². The highest BCUT2D eigenvalue weighted by atomic mass is 19.1. The summed E-state index contributed by atoms with van der Waals surface area (Å²) in [6, 6.07) is 13.3. The predicted octanol–water partition coefficient (Wildman–Crippen LogP) is 3.64. The number of anilines is 1. The van der Waals surface area contributed by atoms with Crippen molar-refractivity contribution in [3.05, 3.63) is 65.5 Å². The SMILES string of the molecule is CCc1cccc(NC(=O)c2cccc(F)c2)c1. The number of amides is 1. The molecule has 3 heteroatoms. The number of nitrogens with one attached hydrogen (secondary N) is 1. The van der Waals surface area contributed by atoms with E-state index < -0.39 is 5.82 Å². The van der Waals surface area contributed by atoms with Crippen LogP contribution >= 0.6 is 0 Å². The molecule has 0 unspecified atom stereocenters. The first-order valence-corrected chi connectivity index (χ1v) is 5.85. The second-order valence-electron chi connectivity index (χ2n) is 4.02. The predicted molar refractivity (Wildman–Crippen MR) is 70.2 cm³/mol. The van der Waals surface area contributed by atoms with E-state index in [4.69, 9.17) is 0 Å². The summed E-state index contributed by atoms with van der Waals surface area (Å²) in [7, 11) is 0. The Bertz CT molecular complexity index is 566. The van der Waals surface area contributed by atoms with E-state index in [1.54, 1.807) is 6.07 Å². The van der Waals surface area contributed by atoms with Crippen molar-refractivity contribution in [3.63, 3.8) is 0 Å². The fraction of sp³-hybridized carbons (Fsp3) is 0.133. The molecular formula is C15H14FNO. The molecule has 0 saturated heterocycles. The number of hydrogen-bond acceptors (Lipinski definition) is 1. The minimum absolute atomic E-state index is 0.303. The standard InChI is InChI=1S/C15H14FNO/c1-2-11-5-3-8-14(9-11)17-15(18)12-6-4-7-13(16)10-12/h3-10H,2H2,1H3,(H,17,18). The van der Waals surface area contributed by atoms with Crippen molar-refractivity contribution in [1.29, 1.82) is 0 Å². The van der Waals surface area contributed by atoms with Crippen LogP contribution in [0.3, 0.4) is 0 Å². The van der Waals surface area contributed by atoms with Gasteiger partial charge in [-0.3, -0.25) is 4.79 Å². The van der Waals surface area contributed by atoms with Crippen molar-refractivity contribution in [2.45, 2.75) is 13.3 Å². The summed E-state index contributed by atoms with van der Waals surface area (Å²) in [5.41, 5.74) is 2.19. The van der Waals surface area contributed by atoms with Crippen molar-refractivity contribution in [1.82, 2.24) is 0 Å². The number of hydrogen-bond donors (Lipinski definition) is 1. The van der Waals surface area contributed by atoms with E-state index in [2.05, 4.69) is 5.32 Å². The molecule has 1 amide bonds. The summed E-state index contributed by atoms with van der Waals surface area (Å²) in [6.07, 6.45) is 0.906. The van der Waals surface area contributed by atoms with Gasteiger partial charge in [-0.2, -0.15) is 0 Å². The third-order valence-electron chi connectivity index (χ3n) is 2.68. The van der Waals surface area contributed by atoms with Crippen molar-refractivity contribution in [2.24, 2.45) is 0 Å². The van der Waals surface area contributed by atoms with Gasteiger partial charge >= 0.3 is 0 Å². The summed E-state index contributed by atoms with van der Waals surface area (Å²) < 4.78 is 13.0. The Hall–Kier alpha value is -2.16. The average molecular weight is 243 g/mol. The van der Waals surface area contributed by atoms with E-state index in [1.165, 1.54) is 18.2 Å². The van der Waals surface area contributed by atoms with Crippen LogP contribution in [0.25, 0.3) is 0 Å². The molecule has 0 radical (unpaired) electrons. The molecule has 92 valence electrons. The van der Waals surface area contributed by atoms with Crippen LogP contribution in [-0.2, 0) is 6.42 Å². The number of aryl methyl sites for hydroxylation is 1. The van der Waals surface area contributed by atoms with Crippen molar-refractivity contribution >= 4 is 11.6 Å². The van der Waals surface area contributed by atoms with Crippen LogP contribution in [0, 0.1) is 5.82 Å². The minimum Gasteiger partial charge on any atom is -0.322 e. The monoisotopic (exact) mass is 243 g/mol. The van der Waals surface area contributed by atoms with E-state index >= 15 is 0 Å². The van der Waals surface area contributed by atoms with Crippen LogP contribution in [0.1, 0.15) is 22.8 Å². The van der Waals surface area contributed by atoms with Gasteiger partial charge in [0.15, 0.2) is 0 Å². The Labute approximate surface area is 105 Å². The molecule has 0 saturated carbocycles. The van der Waals surface area contributed by atoms with Gasteiger partial charge < -0.3 is 5.32 Å². The van der Waals surface area contributed by atoms with Gasteiger partial charge in [-0.25, -0.2) is 4.39 Å². The Kier molecular flexibility index (Phi) is 3.72. The minimum atomic E-state index is -0.412. The van der Waals surface area contributed by atoms with E-state index in [1.807, 2.05) is 31.2 Å². The molecule has 0 heterocycles. The van der Waals surface area contributed by atoms with Gasteiger partial charge in [-0.15, -0.1) is 0 Å². The van der Waals surface area contributed by atoms with Crippen LogP contribution in [-0.4, -0.2) is 5.91 Å². The molecule has 0 spiro atoms. The smallest absolute Gasteiger partial charge is 0.255 e. The molecule has 2 rings (SSSR count). The fourth-order valence-electron chi connectivity index (χ4n) is 1.70. The Balaban J connectivity index is 2.16. The first-order valence-electron chi connectivity index (χ1n) is 5.85. The molecule has 0 fully saturated rings. The first kappa shape index (κ1) is 12.3. The van der Waals surface area contributed by atoms with Crippen molar-refractivity contribution in [2.75, 3.05) is 5.32 Å². The lowest BCUT2D eigenvalue weighted by atomic mass is 10.1. The number of rotatable bonds is 3. The van der Waals surface area contributed by atoms with Gasteiger partial charge in [-0.05, 0) is 42.3 Å². The van der Waals surface area contributed by atoms with E-state index in [9.17, 15) is 9.18 Å². The zero-order chi connectivity index (χ0) is 13.0. The molecule has 2 aromatic carbocycles. The first-order chi connectivity index (χ1) is 8.69. The lowest BCUT2D eigenvalue weighted by molar-refractivity contribution is 0.102. The Morgan fingerprint density at radius 1 is 1.17 bits per heavy atom. The van der Waals surface area contributed by atoms with E-state index in [0.29, 0.717) is 5.56 Å². The summed E-state index contributed by atoms with van der Waals surface area (Å²) >= 11 is 0. The van der Waals surface area contributed by atoms with Crippen LogP contribution in [0.5, 0.6) is 0 Å². The van der Waals surface area contributed by atoms with Gasteiger partial charge in [-0.1, -0.05) is 25.1 Å². The molecule has 0 aliphatic carbocycles. The second-order valence-corrected chi connectivity index (χ2v) is 4.02. The highest BCUT2D eigenvalue weighted by Crippen LogP contribution is 2.13. The largest absolute Gasteiger partial charge is 0.322 e. The summed E-state index contributed by atoms with van der Waals surface area (Å²) in [4.78, 5) is 11.9. The maximum absolute atomic E-state index is 13.0. The Morgan fingerprint density at radius 3 is 2.67 bits per heavy atom.